The third-order valence-electron chi connectivity index (χ3n) is 2.49. The van der Waals surface area contributed by atoms with E-state index >= 15 is 0 Å². The van der Waals surface area contributed by atoms with Crippen LogP contribution in [0.3, 0.4) is 0 Å². The van der Waals surface area contributed by atoms with Crippen molar-refractivity contribution in [3.8, 4) is 11.3 Å². The normalized spacial score (nSPS) is 11.8. The van der Waals surface area contributed by atoms with Crippen molar-refractivity contribution in [2.75, 3.05) is 5.73 Å². The van der Waals surface area contributed by atoms with Gasteiger partial charge in [-0.15, -0.1) is 0 Å². The number of anilines is 1. The van der Waals surface area contributed by atoms with E-state index in [4.69, 9.17) is 17.3 Å². The number of nitrogen functional groups attached to an aromatic ring is 1. The molecule has 0 amide bonds. The summed E-state index contributed by atoms with van der Waals surface area (Å²) in [7, 11) is 1.64. The number of nitrogens with zero attached hydrogens (tertiary/aromatic N) is 2. The fraction of sp³-hybridized carbons (Fsp3) is 0.182. The summed E-state index contributed by atoms with van der Waals surface area (Å²) < 4.78 is 39.0. The minimum absolute atomic E-state index is 0.357. The van der Waals surface area contributed by atoms with Crippen LogP contribution in [-0.2, 0) is 13.2 Å². The van der Waals surface area contributed by atoms with Crippen molar-refractivity contribution < 1.29 is 13.2 Å². The van der Waals surface area contributed by atoms with Crippen molar-refractivity contribution >= 4 is 17.4 Å². The van der Waals surface area contributed by atoms with Crippen molar-refractivity contribution in [1.82, 2.24) is 9.78 Å². The third-order valence-corrected chi connectivity index (χ3v) is 2.80. The summed E-state index contributed by atoms with van der Waals surface area (Å²) in [6, 6.07) is 5.05. The lowest BCUT2D eigenvalue weighted by Crippen LogP contribution is -2.05. The van der Waals surface area contributed by atoms with Crippen molar-refractivity contribution in [3.05, 3.63) is 34.9 Å². The minimum atomic E-state index is -4.46. The van der Waals surface area contributed by atoms with Crippen molar-refractivity contribution in [1.29, 1.82) is 0 Å². The Bertz CT molecular complexity index is 570. The molecule has 2 rings (SSSR count). The number of benzene rings is 1. The maximum Gasteiger partial charge on any atom is 0.417 e. The van der Waals surface area contributed by atoms with Crippen LogP contribution in [0, 0.1) is 0 Å². The highest BCUT2D eigenvalue weighted by atomic mass is 35.5. The first kappa shape index (κ1) is 12.8. The van der Waals surface area contributed by atoms with E-state index in [9.17, 15) is 13.2 Å². The van der Waals surface area contributed by atoms with Gasteiger partial charge in [-0.2, -0.15) is 18.3 Å². The fourth-order valence-electron chi connectivity index (χ4n) is 1.53. The van der Waals surface area contributed by atoms with Crippen LogP contribution >= 0.6 is 11.6 Å². The van der Waals surface area contributed by atoms with E-state index in [1.165, 1.54) is 16.8 Å². The average Bonchev–Trinajstić information content (AvgIpc) is 2.57. The smallest absolute Gasteiger partial charge is 0.384 e. The van der Waals surface area contributed by atoms with Gasteiger partial charge in [0.05, 0.1) is 16.3 Å². The molecule has 0 bridgehead atoms. The Morgan fingerprint density at radius 3 is 2.39 bits per heavy atom. The van der Waals surface area contributed by atoms with Crippen LogP contribution in [0.2, 0.25) is 5.02 Å². The molecule has 0 saturated heterocycles. The highest BCUT2D eigenvalue weighted by molar-refractivity contribution is 6.31. The van der Waals surface area contributed by atoms with Crippen LogP contribution < -0.4 is 5.73 Å². The van der Waals surface area contributed by atoms with Crippen LogP contribution in [-0.4, -0.2) is 9.78 Å². The number of aromatic nitrogens is 2. The van der Waals surface area contributed by atoms with Gasteiger partial charge in [-0.05, 0) is 12.1 Å². The van der Waals surface area contributed by atoms with Gasteiger partial charge in [-0.3, -0.25) is 4.68 Å². The van der Waals surface area contributed by atoms with Gasteiger partial charge in [0.15, 0.2) is 0 Å². The van der Waals surface area contributed by atoms with Crippen LogP contribution in [0.25, 0.3) is 11.3 Å². The van der Waals surface area contributed by atoms with E-state index in [-0.39, 0.29) is 5.02 Å². The molecule has 0 spiro atoms. The topological polar surface area (TPSA) is 43.8 Å². The number of rotatable bonds is 1. The van der Waals surface area contributed by atoms with E-state index in [0.29, 0.717) is 17.1 Å². The predicted octanol–water partition coefficient (Wildman–Crippen LogP) is 3.34. The van der Waals surface area contributed by atoms with Crippen molar-refractivity contribution in [3.63, 3.8) is 0 Å². The van der Waals surface area contributed by atoms with Crippen molar-refractivity contribution in [2.24, 2.45) is 7.05 Å². The SMILES string of the molecule is Cn1nc(-c2ccc(C(F)(F)F)c(Cl)c2)cc1N. The summed E-state index contributed by atoms with van der Waals surface area (Å²) in [5.74, 6) is 0.418. The molecular weight excluding hydrogens is 267 g/mol. The molecular formula is C11H9ClF3N3. The summed E-state index contributed by atoms with van der Waals surface area (Å²) in [5.41, 5.74) is 5.70. The number of alkyl halides is 3. The first-order valence-electron chi connectivity index (χ1n) is 4.95. The second kappa shape index (κ2) is 4.20. The molecule has 7 heteroatoms. The molecule has 0 aliphatic rings. The van der Waals surface area contributed by atoms with Crippen LogP contribution in [0.5, 0.6) is 0 Å². The van der Waals surface area contributed by atoms with Gasteiger partial charge in [-0.25, -0.2) is 0 Å². The molecule has 0 atom stereocenters. The average molecular weight is 276 g/mol. The zero-order valence-electron chi connectivity index (χ0n) is 9.29. The highest BCUT2D eigenvalue weighted by Crippen LogP contribution is 2.36. The molecule has 18 heavy (non-hydrogen) atoms. The van der Waals surface area contributed by atoms with Gasteiger partial charge < -0.3 is 5.73 Å². The number of hydrogen-bond acceptors (Lipinski definition) is 2. The van der Waals surface area contributed by atoms with E-state index in [1.807, 2.05) is 0 Å². The maximum atomic E-state index is 12.5. The Labute approximate surface area is 106 Å². The molecule has 0 saturated carbocycles. The summed E-state index contributed by atoms with van der Waals surface area (Å²) in [6.45, 7) is 0. The van der Waals surface area contributed by atoms with E-state index in [1.54, 1.807) is 13.1 Å². The number of nitrogens with two attached hydrogens (primary N) is 1. The lowest BCUT2D eigenvalue weighted by Gasteiger charge is -2.09. The van der Waals surface area contributed by atoms with Crippen molar-refractivity contribution in [2.45, 2.75) is 6.18 Å². The standard InChI is InChI=1S/C11H9ClF3N3/c1-18-10(16)5-9(17-18)6-2-3-7(8(12)4-6)11(13,14)15/h2-5H,16H2,1H3. The van der Waals surface area contributed by atoms with E-state index in [0.717, 1.165) is 6.07 Å². The highest BCUT2D eigenvalue weighted by Gasteiger charge is 2.33. The van der Waals surface area contributed by atoms with Gasteiger partial charge >= 0.3 is 6.18 Å². The number of aryl methyl sites for hydroxylation is 1. The molecule has 96 valence electrons. The van der Waals surface area contributed by atoms with Crippen LogP contribution in [0.15, 0.2) is 24.3 Å². The lowest BCUT2D eigenvalue weighted by molar-refractivity contribution is -0.137. The van der Waals surface area contributed by atoms with Gasteiger partial charge in [-0.1, -0.05) is 17.7 Å². The minimum Gasteiger partial charge on any atom is -0.384 e. The molecule has 1 aromatic carbocycles. The molecule has 0 unspecified atom stereocenters. The van der Waals surface area contributed by atoms with Crippen LogP contribution in [0.1, 0.15) is 5.56 Å². The van der Waals surface area contributed by atoms with E-state index < -0.39 is 11.7 Å². The zero-order valence-corrected chi connectivity index (χ0v) is 10.0. The molecule has 0 fully saturated rings. The maximum absolute atomic E-state index is 12.5. The summed E-state index contributed by atoms with van der Waals surface area (Å²) >= 11 is 5.62. The Hall–Kier alpha value is -1.69. The Morgan fingerprint density at radius 1 is 1.28 bits per heavy atom. The molecule has 2 aromatic rings. The van der Waals surface area contributed by atoms with E-state index in [2.05, 4.69) is 5.10 Å². The lowest BCUT2D eigenvalue weighted by atomic mass is 10.1. The number of halogens is 4. The quantitative estimate of drug-likeness (QED) is 0.867. The number of hydrogen-bond donors (Lipinski definition) is 1. The summed E-state index contributed by atoms with van der Waals surface area (Å²) in [6.07, 6.45) is -4.46. The second-order valence-electron chi connectivity index (χ2n) is 3.77. The molecule has 3 nitrogen and oxygen atoms in total. The summed E-state index contributed by atoms with van der Waals surface area (Å²) in [4.78, 5) is 0. The molecule has 0 aliphatic carbocycles. The Morgan fingerprint density at radius 2 is 1.94 bits per heavy atom. The largest absolute Gasteiger partial charge is 0.417 e. The third kappa shape index (κ3) is 2.28. The van der Waals surface area contributed by atoms with Gasteiger partial charge in [0.25, 0.3) is 0 Å². The summed E-state index contributed by atoms with van der Waals surface area (Å²) in [5, 5.41) is 3.71. The first-order chi connectivity index (χ1) is 8.29. The first-order valence-corrected chi connectivity index (χ1v) is 5.33. The molecule has 2 N–H and O–H groups in total. The molecule has 1 aromatic heterocycles. The fourth-order valence-corrected chi connectivity index (χ4v) is 1.81. The van der Waals surface area contributed by atoms with Gasteiger partial charge in [0.2, 0.25) is 0 Å². The Balaban J connectivity index is 2.46. The van der Waals surface area contributed by atoms with Gasteiger partial charge in [0.1, 0.15) is 5.82 Å². The van der Waals surface area contributed by atoms with Gasteiger partial charge in [0, 0.05) is 18.7 Å². The Kier molecular flexibility index (Phi) is 2.98. The second-order valence-corrected chi connectivity index (χ2v) is 4.18. The molecule has 1 heterocycles. The molecule has 0 aliphatic heterocycles. The van der Waals surface area contributed by atoms with Crippen LogP contribution in [0.4, 0.5) is 19.0 Å². The zero-order chi connectivity index (χ0) is 13.5. The monoisotopic (exact) mass is 275 g/mol. The molecule has 0 radical (unpaired) electrons. The predicted molar refractivity (Wildman–Crippen MR) is 63.1 cm³/mol.